The molecule has 0 aliphatic rings. The highest BCUT2D eigenvalue weighted by Crippen LogP contribution is 2.15. The lowest BCUT2D eigenvalue weighted by Gasteiger charge is -2.12. The van der Waals surface area contributed by atoms with Crippen LogP contribution in [0.25, 0.3) is 0 Å². The van der Waals surface area contributed by atoms with Crippen molar-refractivity contribution < 1.29 is 14.6 Å². The molecule has 0 aliphatic heterocycles. The van der Waals surface area contributed by atoms with Gasteiger partial charge in [-0.2, -0.15) is 0 Å². The number of carbonyl (C=O) groups excluding carboxylic acids is 1. The van der Waals surface area contributed by atoms with E-state index in [0.29, 0.717) is 12.3 Å². The van der Waals surface area contributed by atoms with Crippen molar-refractivity contribution in [2.24, 2.45) is 5.92 Å². The predicted octanol–water partition coefficient (Wildman–Crippen LogP) is 2.13. The number of esters is 1. The van der Waals surface area contributed by atoms with Gasteiger partial charge in [-0.3, -0.25) is 4.79 Å². The van der Waals surface area contributed by atoms with E-state index in [9.17, 15) is 4.79 Å². The number of ether oxygens (including phenoxy) is 1. The van der Waals surface area contributed by atoms with Crippen molar-refractivity contribution in [2.75, 3.05) is 13.7 Å². The molecule has 0 saturated carbocycles. The van der Waals surface area contributed by atoms with Crippen molar-refractivity contribution in [3.05, 3.63) is 0 Å². The molecular weight excluding hydrogens is 180 g/mol. The molecular formula is C11H22O3. The fourth-order valence-corrected chi connectivity index (χ4v) is 1.46. The Bertz CT molecular complexity index is 145. The predicted molar refractivity (Wildman–Crippen MR) is 56.0 cm³/mol. The second-order valence-corrected chi connectivity index (χ2v) is 3.66. The van der Waals surface area contributed by atoms with Gasteiger partial charge in [0.25, 0.3) is 0 Å². The maximum absolute atomic E-state index is 10.8. The molecule has 0 spiro atoms. The second-order valence-electron chi connectivity index (χ2n) is 3.66. The van der Waals surface area contributed by atoms with Crippen LogP contribution in [0, 0.1) is 5.92 Å². The first-order chi connectivity index (χ1) is 6.74. The Balaban J connectivity index is 3.46. The lowest BCUT2D eigenvalue weighted by atomic mass is 9.97. The van der Waals surface area contributed by atoms with Crippen LogP contribution in [0.2, 0.25) is 0 Å². The summed E-state index contributed by atoms with van der Waals surface area (Å²) in [5.74, 6) is 0.205. The van der Waals surface area contributed by atoms with Crippen LogP contribution in [-0.2, 0) is 9.53 Å². The molecule has 0 aromatic heterocycles. The van der Waals surface area contributed by atoms with Crippen molar-refractivity contribution in [2.45, 2.75) is 45.4 Å². The molecule has 0 aromatic rings. The molecule has 0 saturated heterocycles. The van der Waals surface area contributed by atoms with Gasteiger partial charge in [-0.1, -0.05) is 19.8 Å². The summed E-state index contributed by atoms with van der Waals surface area (Å²) in [6.07, 6.45) is 5.59. The average Bonchev–Trinajstić information content (AvgIpc) is 2.22. The molecule has 1 atom stereocenters. The van der Waals surface area contributed by atoms with E-state index < -0.39 is 0 Å². The van der Waals surface area contributed by atoms with Gasteiger partial charge in [-0.05, 0) is 25.2 Å². The van der Waals surface area contributed by atoms with Crippen LogP contribution in [-0.4, -0.2) is 24.8 Å². The number of unbranched alkanes of at least 4 members (excludes halogenated alkanes) is 1. The van der Waals surface area contributed by atoms with Gasteiger partial charge in [-0.25, -0.2) is 0 Å². The summed E-state index contributed by atoms with van der Waals surface area (Å²) in [6, 6.07) is 0. The fraction of sp³-hybridized carbons (Fsp3) is 0.909. The summed E-state index contributed by atoms with van der Waals surface area (Å²) in [4.78, 5) is 10.8. The fourth-order valence-electron chi connectivity index (χ4n) is 1.46. The summed E-state index contributed by atoms with van der Waals surface area (Å²) < 4.78 is 4.55. The number of aliphatic hydroxyl groups is 1. The van der Waals surface area contributed by atoms with Crippen molar-refractivity contribution in [3.63, 3.8) is 0 Å². The number of carbonyl (C=O) groups is 1. The first-order valence-electron chi connectivity index (χ1n) is 5.42. The van der Waals surface area contributed by atoms with Gasteiger partial charge in [0.05, 0.1) is 7.11 Å². The molecule has 0 aromatic carbocycles. The Morgan fingerprint density at radius 2 is 2.00 bits per heavy atom. The SMILES string of the molecule is CCCC[C@@H](CO)CCCC(=O)OC. The summed E-state index contributed by atoms with van der Waals surface area (Å²) in [5, 5.41) is 9.06. The van der Waals surface area contributed by atoms with Gasteiger partial charge in [-0.15, -0.1) is 0 Å². The Labute approximate surface area is 86.5 Å². The highest BCUT2D eigenvalue weighted by molar-refractivity contribution is 5.68. The minimum absolute atomic E-state index is 0.155. The topological polar surface area (TPSA) is 46.5 Å². The van der Waals surface area contributed by atoms with Crippen LogP contribution < -0.4 is 0 Å². The first-order valence-corrected chi connectivity index (χ1v) is 5.42. The summed E-state index contributed by atoms with van der Waals surface area (Å²) in [6.45, 7) is 2.38. The van der Waals surface area contributed by atoms with E-state index in [-0.39, 0.29) is 12.6 Å². The first kappa shape index (κ1) is 13.4. The Morgan fingerprint density at radius 3 is 2.50 bits per heavy atom. The van der Waals surface area contributed by atoms with Gasteiger partial charge in [0.2, 0.25) is 0 Å². The van der Waals surface area contributed by atoms with Gasteiger partial charge in [0.15, 0.2) is 0 Å². The number of methoxy groups -OCH3 is 1. The van der Waals surface area contributed by atoms with Crippen molar-refractivity contribution in [3.8, 4) is 0 Å². The van der Waals surface area contributed by atoms with E-state index in [0.717, 1.165) is 32.1 Å². The zero-order valence-electron chi connectivity index (χ0n) is 9.29. The van der Waals surface area contributed by atoms with E-state index in [2.05, 4.69) is 11.7 Å². The molecule has 0 radical (unpaired) electrons. The molecule has 0 heterocycles. The third-order valence-electron chi connectivity index (χ3n) is 2.45. The van der Waals surface area contributed by atoms with Crippen molar-refractivity contribution in [1.82, 2.24) is 0 Å². The second kappa shape index (κ2) is 9.00. The highest BCUT2D eigenvalue weighted by Gasteiger charge is 2.08. The van der Waals surface area contributed by atoms with Crippen LogP contribution in [0.3, 0.4) is 0 Å². The zero-order valence-corrected chi connectivity index (χ0v) is 9.29. The summed E-state index contributed by atoms with van der Waals surface area (Å²) >= 11 is 0. The van der Waals surface area contributed by atoms with E-state index in [1.807, 2.05) is 0 Å². The number of hydrogen-bond donors (Lipinski definition) is 1. The minimum atomic E-state index is -0.155. The van der Waals surface area contributed by atoms with Crippen LogP contribution in [0.15, 0.2) is 0 Å². The maximum Gasteiger partial charge on any atom is 0.305 e. The molecule has 0 bridgehead atoms. The molecule has 84 valence electrons. The van der Waals surface area contributed by atoms with Crippen LogP contribution in [0.1, 0.15) is 45.4 Å². The lowest BCUT2D eigenvalue weighted by Crippen LogP contribution is -2.08. The number of hydrogen-bond acceptors (Lipinski definition) is 3. The van der Waals surface area contributed by atoms with Crippen molar-refractivity contribution in [1.29, 1.82) is 0 Å². The van der Waals surface area contributed by atoms with Gasteiger partial charge < -0.3 is 9.84 Å². The van der Waals surface area contributed by atoms with E-state index in [1.165, 1.54) is 7.11 Å². The van der Waals surface area contributed by atoms with Gasteiger partial charge >= 0.3 is 5.97 Å². The molecule has 0 aliphatic carbocycles. The summed E-state index contributed by atoms with van der Waals surface area (Å²) in [5.41, 5.74) is 0. The highest BCUT2D eigenvalue weighted by atomic mass is 16.5. The molecule has 3 heteroatoms. The summed E-state index contributed by atoms with van der Waals surface area (Å²) in [7, 11) is 1.41. The van der Waals surface area contributed by atoms with Crippen LogP contribution in [0.5, 0.6) is 0 Å². The molecule has 0 rings (SSSR count). The smallest absolute Gasteiger partial charge is 0.305 e. The molecule has 3 nitrogen and oxygen atoms in total. The molecule has 14 heavy (non-hydrogen) atoms. The number of rotatable bonds is 8. The lowest BCUT2D eigenvalue weighted by molar-refractivity contribution is -0.140. The van der Waals surface area contributed by atoms with Crippen LogP contribution >= 0.6 is 0 Å². The molecule has 0 unspecified atom stereocenters. The third kappa shape index (κ3) is 6.89. The van der Waals surface area contributed by atoms with E-state index >= 15 is 0 Å². The minimum Gasteiger partial charge on any atom is -0.469 e. The third-order valence-corrected chi connectivity index (χ3v) is 2.45. The van der Waals surface area contributed by atoms with E-state index in [4.69, 9.17) is 5.11 Å². The Hall–Kier alpha value is -0.570. The number of aliphatic hydroxyl groups excluding tert-OH is 1. The van der Waals surface area contributed by atoms with Gasteiger partial charge in [0, 0.05) is 13.0 Å². The molecule has 1 N–H and O–H groups in total. The molecule has 0 amide bonds. The van der Waals surface area contributed by atoms with Crippen molar-refractivity contribution >= 4 is 5.97 Å². The average molecular weight is 202 g/mol. The molecule has 0 fully saturated rings. The monoisotopic (exact) mass is 202 g/mol. The Kier molecular flexibility index (Phi) is 8.64. The normalized spacial score (nSPS) is 12.5. The standard InChI is InChI=1S/C11H22O3/c1-3-4-6-10(9-12)7-5-8-11(13)14-2/h10,12H,3-9H2,1-2H3/t10-/m1/s1. The quantitative estimate of drug-likeness (QED) is 0.613. The van der Waals surface area contributed by atoms with Crippen LogP contribution in [0.4, 0.5) is 0 Å². The van der Waals surface area contributed by atoms with Gasteiger partial charge in [0.1, 0.15) is 0 Å². The Morgan fingerprint density at radius 1 is 1.36 bits per heavy atom. The van der Waals surface area contributed by atoms with E-state index in [1.54, 1.807) is 0 Å². The maximum atomic E-state index is 10.8. The zero-order chi connectivity index (χ0) is 10.8. The largest absolute Gasteiger partial charge is 0.469 e.